The van der Waals surface area contributed by atoms with Crippen LogP contribution in [0.2, 0.25) is 0 Å². The first-order valence-corrected chi connectivity index (χ1v) is 0.612. The number of hydrogen-bond donors (Lipinski definition) is 0. The van der Waals surface area contributed by atoms with Gasteiger partial charge in [0, 0.05) is 0 Å². The summed E-state index contributed by atoms with van der Waals surface area (Å²) in [5.41, 5.74) is 0. The van der Waals surface area contributed by atoms with E-state index in [0.29, 0.717) is 0 Å². The molecule has 0 radical (unpaired) electrons. The number of carbonyl (C=O) groups is 1. The van der Waals surface area contributed by atoms with Crippen LogP contribution in [0.15, 0.2) is 0 Å². The summed E-state index contributed by atoms with van der Waals surface area (Å²) in [7, 11) is 0. The third-order valence-electron chi connectivity index (χ3n) is 0. The van der Waals surface area contributed by atoms with Crippen LogP contribution in [0, 0.1) is 0 Å². The zero-order chi connectivity index (χ0) is 3.58. The van der Waals surface area contributed by atoms with Gasteiger partial charge < -0.3 is 15.0 Å². The van der Waals surface area contributed by atoms with E-state index in [0.717, 1.165) is 0 Å². The van der Waals surface area contributed by atoms with Crippen LogP contribution in [-0.4, -0.2) is 6.16 Å². The standard InChI is InChI=1S/CH2O3.CH4.2Li/c2-1(3)4;;;/h(H2,2,3,4);1H4;;/q;;2*+1/p-2. The SMILES string of the molecule is C.O=C([O-])[O-].[Li+].[Li+]. The van der Waals surface area contributed by atoms with Crippen LogP contribution in [0.5, 0.6) is 0 Å². The number of carboxylic acid groups (broad SMARTS) is 2. The molecule has 0 bridgehead atoms. The molecule has 0 unspecified atom stereocenters. The van der Waals surface area contributed by atoms with E-state index in [1.165, 1.54) is 0 Å². The van der Waals surface area contributed by atoms with Crippen molar-refractivity contribution < 1.29 is 52.7 Å². The molecule has 0 N–H and O–H groups in total. The Morgan fingerprint density at radius 2 is 1.14 bits per heavy atom. The Morgan fingerprint density at radius 3 is 1.14 bits per heavy atom. The van der Waals surface area contributed by atoms with Gasteiger partial charge in [-0.3, -0.25) is 0 Å². The van der Waals surface area contributed by atoms with Crippen LogP contribution in [-0.2, 0) is 0 Å². The van der Waals surface area contributed by atoms with Crippen LogP contribution >= 0.6 is 0 Å². The quantitative estimate of drug-likeness (QED) is 0.277. The molecule has 0 heterocycles. The summed E-state index contributed by atoms with van der Waals surface area (Å²) in [4.78, 5) is 8.33. The normalized spacial score (nSPS) is 3.43. The van der Waals surface area contributed by atoms with Crippen molar-refractivity contribution in [2.24, 2.45) is 0 Å². The zero-order valence-electron chi connectivity index (χ0n) is 3.72. The molecule has 0 aromatic carbocycles. The first-order chi connectivity index (χ1) is 1.73. The van der Waals surface area contributed by atoms with Crippen molar-refractivity contribution in [3.63, 3.8) is 0 Å². The van der Waals surface area contributed by atoms with Gasteiger partial charge in [-0.05, 0) is 6.16 Å². The zero-order valence-corrected chi connectivity index (χ0v) is 3.72. The molecule has 3 nitrogen and oxygen atoms in total. The third kappa shape index (κ3) is 597. The fraction of sp³-hybridized carbons (Fsp3) is 0.500. The molecule has 0 rings (SSSR count). The van der Waals surface area contributed by atoms with Crippen molar-refractivity contribution in [1.29, 1.82) is 0 Å². The van der Waals surface area contributed by atoms with Crippen LogP contribution in [0.25, 0.3) is 0 Å². The maximum atomic E-state index is 8.33. The Labute approximate surface area is 66.5 Å². The van der Waals surface area contributed by atoms with Gasteiger partial charge in [-0.1, -0.05) is 7.43 Å². The first kappa shape index (κ1) is 26.0. The summed E-state index contributed by atoms with van der Waals surface area (Å²) in [6.45, 7) is 0. The predicted molar refractivity (Wildman–Crippen MR) is 12.1 cm³/mol. The molecule has 0 fully saturated rings. The van der Waals surface area contributed by atoms with E-state index in [-0.39, 0.29) is 45.1 Å². The van der Waals surface area contributed by atoms with E-state index in [1.807, 2.05) is 0 Å². The van der Waals surface area contributed by atoms with Gasteiger partial charge in [0.1, 0.15) is 0 Å². The van der Waals surface area contributed by atoms with Crippen molar-refractivity contribution >= 4 is 6.16 Å². The molecule has 0 atom stereocenters. The third-order valence-corrected chi connectivity index (χ3v) is 0. The van der Waals surface area contributed by atoms with Gasteiger partial charge in [0.25, 0.3) is 0 Å². The molecular formula is C2H4Li2O3. The van der Waals surface area contributed by atoms with E-state index in [4.69, 9.17) is 15.0 Å². The molecule has 0 aliphatic carbocycles. The average molecular weight is 89.9 g/mol. The van der Waals surface area contributed by atoms with Crippen molar-refractivity contribution in [2.45, 2.75) is 7.43 Å². The maximum absolute atomic E-state index is 8.33. The Balaban J connectivity index is -0.0000000150. The van der Waals surface area contributed by atoms with Crippen LogP contribution in [0.1, 0.15) is 7.43 Å². The maximum Gasteiger partial charge on any atom is 1.00 e. The molecule has 0 saturated carbocycles. The monoisotopic (exact) mass is 90.0 g/mol. The minimum absolute atomic E-state index is 0. The molecule has 0 spiro atoms. The van der Waals surface area contributed by atoms with Crippen LogP contribution < -0.4 is 47.9 Å². The minimum atomic E-state index is -2.33. The summed E-state index contributed by atoms with van der Waals surface area (Å²) < 4.78 is 0. The second kappa shape index (κ2) is 16.1. The van der Waals surface area contributed by atoms with Gasteiger partial charge in [0.2, 0.25) is 0 Å². The van der Waals surface area contributed by atoms with Gasteiger partial charge >= 0.3 is 37.7 Å². The molecule has 0 aromatic rings. The number of carbonyl (C=O) groups excluding carboxylic acids is 1. The van der Waals surface area contributed by atoms with Gasteiger partial charge in [0.05, 0.1) is 0 Å². The molecule has 0 aromatic heterocycles. The van der Waals surface area contributed by atoms with Gasteiger partial charge in [-0.25, -0.2) is 0 Å². The summed E-state index contributed by atoms with van der Waals surface area (Å²) in [5.74, 6) is 0. The summed E-state index contributed by atoms with van der Waals surface area (Å²) in [6.07, 6.45) is -2.33. The van der Waals surface area contributed by atoms with Crippen LogP contribution in [0.3, 0.4) is 0 Å². The summed E-state index contributed by atoms with van der Waals surface area (Å²) in [5, 5.41) is 16.7. The molecule has 32 valence electrons. The smallest absolute Gasteiger partial charge is 0.652 e. The topological polar surface area (TPSA) is 63.2 Å². The van der Waals surface area contributed by atoms with Gasteiger partial charge in [0.15, 0.2) is 0 Å². The Kier molecular flexibility index (Phi) is 59.7. The second-order valence-electron chi connectivity index (χ2n) is 0.250. The summed E-state index contributed by atoms with van der Waals surface area (Å²) in [6, 6.07) is 0. The Bertz CT molecular complexity index is 33.9. The van der Waals surface area contributed by atoms with E-state index < -0.39 is 6.16 Å². The van der Waals surface area contributed by atoms with Crippen molar-refractivity contribution in [3.8, 4) is 0 Å². The largest absolute Gasteiger partial charge is 1.00 e. The molecule has 5 heteroatoms. The molecule has 0 aliphatic heterocycles. The molecule has 0 aliphatic rings. The van der Waals surface area contributed by atoms with Crippen molar-refractivity contribution in [1.82, 2.24) is 0 Å². The fourth-order valence-electron chi connectivity index (χ4n) is 0. The fourth-order valence-corrected chi connectivity index (χ4v) is 0. The van der Waals surface area contributed by atoms with E-state index >= 15 is 0 Å². The first-order valence-electron chi connectivity index (χ1n) is 0.612. The molecular weight excluding hydrogens is 85.9 g/mol. The van der Waals surface area contributed by atoms with E-state index in [9.17, 15) is 0 Å². The van der Waals surface area contributed by atoms with E-state index in [2.05, 4.69) is 0 Å². The molecule has 7 heavy (non-hydrogen) atoms. The second-order valence-corrected chi connectivity index (χ2v) is 0.250. The summed E-state index contributed by atoms with van der Waals surface area (Å²) >= 11 is 0. The molecule has 0 saturated heterocycles. The van der Waals surface area contributed by atoms with Gasteiger partial charge in [-0.2, -0.15) is 0 Å². The van der Waals surface area contributed by atoms with Crippen molar-refractivity contribution in [3.05, 3.63) is 0 Å². The Hall–Kier alpha value is 0.465. The van der Waals surface area contributed by atoms with Crippen LogP contribution in [0.4, 0.5) is 4.79 Å². The minimum Gasteiger partial charge on any atom is -0.652 e. The van der Waals surface area contributed by atoms with E-state index in [1.54, 1.807) is 0 Å². The number of rotatable bonds is 0. The van der Waals surface area contributed by atoms with Crippen molar-refractivity contribution in [2.75, 3.05) is 0 Å². The number of hydrogen-bond acceptors (Lipinski definition) is 3. The average Bonchev–Trinajstić information content (AvgIpc) is 0.811. The predicted octanol–water partition coefficient (Wildman–Crippen LogP) is -7.80. The van der Waals surface area contributed by atoms with Gasteiger partial charge in [-0.15, -0.1) is 0 Å². The molecule has 0 amide bonds. The Morgan fingerprint density at radius 1 is 1.14 bits per heavy atom.